The lowest BCUT2D eigenvalue weighted by Crippen LogP contribution is -1.98. The number of fused-ring (bicyclic) bond motifs is 1. The van der Waals surface area contributed by atoms with Crippen molar-refractivity contribution in [3.63, 3.8) is 0 Å². The maximum atomic E-state index is 2.38. The van der Waals surface area contributed by atoms with Gasteiger partial charge in [0.25, 0.3) is 0 Å². The molecule has 12 heavy (non-hydrogen) atoms. The molecule has 0 saturated carbocycles. The summed E-state index contributed by atoms with van der Waals surface area (Å²) in [5.74, 6) is 0. The van der Waals surface area contributed by atoms with Crippen LogP contribution in [0.5, 0.6) is 0 Å². The van der Waals surface area contributed by atoms with Gasteiger partial charge in [0.2, 0.25) is 0 Å². The fourth-order valence-electron chi connectivity index (χ4n) is 1.86. The van der Waals surface area contributed by atoms with Gasteiger partial charge in [-0.25, -0.2) is 0 Å². The molecule has 1 unspecified atom stereocenters. The predicted molar refractivity (Wildman–Crippen MR) is 57.4 cm³/mol. The van der Waals surface area contributed by atoms with Crippen molar-refractivity contribution in [2.75, 3.05) is 0 Å². The van der Waals surface area contributed by atoms with Gasteiger partial charge in [-0.15, -0.1) is 0 Å². The van der Waals surface area contributed by atoms with E-state index < -0.39 is 0 Å². The summed E-state index contributed by atoms with van der Waals surface area (Å²) in [7, 11) is 0.0827. The Morgan fingerprint density at radius 1 is 1.33 bits per heavy atom. The quantitative estimate of drug-likeness (QED) is 0.573. The van der Waals surface area contributed by atoms with Gasteiger partial charge in [-0.1, -0.05) is 42.5 Å². The third-order valence-electron chi connectivity index (χ3n) is 2.59. The molecule has 0 N–H and O–H groups in total. The Kier molecular flexibility index (Phi) is 1.89. The number of hydrogen-bond acceptors (Lipinski definition) is 0. The molecule has 2 rings (SSSR count). The van der Waals surface area contributed by atoms with Gasteiger partial charge in [0, 0.05) is 9.52 Å². The molecule has 1 aromatic rings. The molecule has 0 aliphatic heterocycles. The van der Waals surface area contributed by atoms with Crippen molar-refractivity contribution in [3.05, 3.63) is 41.0 Å². The second-order valence-corrected chi connectivity index (χ2v) is 5.20. The first-order valence-corrected chi connectivity index (χ1v) is 6.83. The molecular weight excluding hydrogens is 160 g/mol. The lowest BCUT2D eigenvalue weighted by Gasteiger charge is -2.07. The fraction of sp³-hybridized carbons (Fsp3) is 0.273. The molecule has 1 aliphatic carbocycles. The summed E-state index contributed by atoms with van der Waals surface area (Å²) in [4.78, 5) is 0. The SMILES string of the molecule is C[SiH2]C1C=Cc2cc(C)ccc21. The summed E-state index contributed by atoms with van der Waals surface area (Å²) in [6, 6.07) is 6.81. The standard InChI is InChI=1S/C11H14Si/c1-8-3-5-10-9(7-8)4-6-11(10)12-2/h3-7,11H,12H2,1-2H3. The van der Waals surface area contributed by atoms with Crippen molar-refractivity contribution in [2.24, 2.45) is 0 Å². The van der Waals surface area contributed by atoms with Crippen LogP contribution in [-0.2, 0) is 0 Å². The highest BCUT2D eigenvalue weighted by atomic mass is 28.2. The van der Waals surface area contributed by atoms with E-state index >= 15 is 0 Å². The second-order valence-electron chi connectivity index (χ2n) is 3.51. The summed E-state index contributed by atoms with van der Waals surface area (Å²) >= 11 is 0. The Morgan fingerprint density at radius 3 is 2.92 bits per heavy atom. The minimum Gasteiger partial charge on any atom is -0.0798 e. The monoisotopic (exact) mass is 174 g/mol. The fourth-order valence-corrected chi connectivity index (χ4v) is 3.08. The molecule has 0 heterocycles. The van der Waals surface area contributed by atoms with Crippen molar-refractivity contribution in [3.8, 4) is 0 Å². The number of benzene rings is 1. The van der Waals surface area contributed by atoms with Gasteiger partial charge in [0.15, 0.2) is 0 Å². The van der Waals surface area contributed by atoms with Crippen LogP contribution in [0.4, 0.5) is 0 Å². The Morgan fingerprint density at radius 2 is 2.17 bits per heavy atom. The molecule has 0 amide bonds. The zero-order chi connectivity index (χ0) is 8.55. The molecule has 62 valence electrons. The number of aryl methyl sites for hydroxylation is 1. The summed E-state index contributed by atoms with van der Waals surface area (Å²) in [5, 5.41) is 0. The van der Waals surface area contributed by atoms with Crippen LogP contribution in [0.2, 0.25) is 6.55 Å². The highest BCUT2D eigenvalue weighted by Crippen LogP contribution is 2.29. The average molecular weight is 174 g/mol. The average Bonchev–Trinajstić information content (AvgIpc) is 2.46. The first kappa shape index (κ1) is 7.81. The van der Waals surface area contributed by atoms with E-state index in [-0.39, 0.29) is 9.52 Å². The van der Waals surface area contributed by atoms with Crippen LogP contribution in [0.15, 0.2) is 24.3 Å². The van der Waals surface area contributed by atoms with Gasteiger partial charge in [-0.05, 0) is 23.6 Å². The highest BCUT2D eigenvalue weighted by Gasteiger charge is 2.14. The molecule has 0 aromatic heterocycles. The number of rotatable bonds is 1. The molecule has 0 spiro atoms. The smallest absolute Gasteiger partial charge is 0.0304 e. The first-order chi connectivity index (χ1) is 5.81. The zero-order valence-electron chi connectivity index (χ0n) is 7.67. The molecular formula is C11H14Si. The Balaban J connectivity index is 2.47. The van der Waals surface area contributed by atoms with E-state index in [0.29, 0.717) is 0 Å². The van der Waals surface area contributed by atoms with Crippen LogP contribution in [0.3, 0.4) is 0 Å². The van der Waals surface area contributed by atoms with E-state index in [4.69, 9.17) is 0 Å². The molecule has 0 bridgehead atoms. The molecule has 1 atom stereocenters. The molecule has 1 aliphatic rings. The number of hydrogen-bond donors (Lipinski definition) is 0. The topological polar surface area (TPSA) is 0 Å². The van der Waals surface area contributed by atoms with Crippen molar-refractivity contribution in [2.45, 2.75) is 19.0 Å². The lowest BCUT2D eigenvalue weighted by molar-refractivity contribution is 1.22. The summed E-state index contributed by atoms with van der Waals surface area (Å²) in [5.41, 5.74) is 5.20. The zero-order valence-corrected chi connectivity index (χ0v) is 9.09. The van der Waals surface area contributed by atoms with Crippen LogP contribution in [0, 0.1) is 6.92 Å². The van der Waals surface area contributed by atoms with Crippen LogP contribution in [0.25, 0.3) is 6.08 Å². The van der Waals surface area contributed by atoms with Crippen molar-refractivity contribution >= 4 is 15.6 Å². The van der Waals surface area contributed by atoms with Gasteiger partial charge in [0.05, 0.1) is 0 Å². The molecule has 1 aromatic carbocycles. The normalized spacial score (nSPS) is 20.7. The lowest BCUT2D eigenvalue weighted by atomic mass is 10.1. The summed E-state index contributed by atoms with van der Waals surface area (Å²) < 4.78 is 0. The van der Waals surface area contributed by atoms with Crippen molar-refractivity contribution in [1.82, 2.24) is 0 Å². The van der Waals surface area contributed by atoms with E-state index in [0.717, 1.165) is 5.54 Å². The Labute approximate surface area is 76.1 Å². The van der Waals surface area contributed by atoms with Gasteiger partial charge in [-0.3, -0.25) is 0 Å². The van der Waals surface area contributed by atoms with Crippen LogP contribution in [-0.4, -0.2) is 9.52 Å². The predicted octanol–water partition coefficient (Wildman–Crippen LogP) is 2.28. The molecule has 0 fully saturated rings. The van der Waals surface area contributed by atoms with Crippen LogP contribution < -0.4 is 0 Å². The second kappa shape index (κ2) is 2.90. The maximum Gasteiger partial charge on any atom is 0.0304 e. The van der Waals surface area contributed by atoms with E-state index in [2.05, 4.69) is 43.8 Å². The number of allylic oxidation sites excluding steroid dienone is 1. The molecule has 0 radical (unpaired) electrons. The highest BCUT2D eigenvalue weighted by molar-refractivity contribution is 6.37. The third-order valence-corrected chi connectivity index (χ3v) is 4.18. The van der Waals surface area contributed by atoms with Crippen molar-refractivity contribution in [1.29, 1.82) is 0 Å². The Hall–Kier alpha value is -0.823. The van der Waals surface area contributed by atoms with E-state index in [1.165, 1.54) is 11.1 Å². The minimum atomic E-state index is 0.0827. The first-order valence-electron chi connectivity index (χ1n) is 4.60. The summed E-state index contributed by atoms with van der Waals surface area (Å²) in [6.07, 6.45) is 4.65. The van der Waals surface area contributed by atoms with Crippen LogP contribution >= 0.6 is 0 Å². The molecule has 1 heteroatoms. The largest absolute Gasteiger partial charge is 0.0798 e. The van der Waals surface area contributed by atoms with Gasteiger partial charge >= 0.3 is 0 Å². The van der Waals surface area contributed by atoms with E-state index in [9.17, 15) is 0 Å². The van der Waals surface area contributed by atoms with Gasteiger partial charge in [-0.2, -0.15) is 0 Å². The van der Waals surface area contributed by atoms with Crippen LogP contribution in [0.1, 0.15) is 22.2 Å². The van der Waals surface area contributed by atoms with E-state index in [1.807, 2.05) is 0 Å². The molecule has 0 nitrogen and oxygen atoms in total. The summed E-state index contributed by atoms with van der Waals surface area (Å²) in [6.45, 7) is 4.54. The third kappa shape index (κ3) is 1.14. The Bertz CT molecular complexity index is 326. The van der Waals surface area contributed by atoms with Gasteiger partial charge in [0.1, 0.15) is 0 Å². The van der Waals surface area contributed by atoms with E-state index in [1.54, 1.807) is 5.56 Å². The molecule has 0 saturated heterocycles. The van der Waals surface area contributed by atoms with Gasteiger partial charge < -0.3 is 0 Å². The minimum absolute atomic E-state index is 0.0827. The van der Waals surface area contributed by atoms with Crippen molar-refractivity contribution < 1.29 is 0 Å². The maximum absolute atomic E-state index is 2.38.